The Balaban J connectivity index is 2.82. The van der Waals surface area contributed by atoms with Crippen LogP contribution in [0.4, 0.5) is 0 Å². The van der Waals surface area contributed by atoms with Crippen LogP contribution in [0.25, 0.3) is 10.9 Å². The summed E-state index contributed by atoms with van der Waals surface area (Å²) in [6.07, 6.45) is 0. The van der Waals surface area contributed by atoms with E-state index in [-0.39, 0.29) is 11.4 Å². The van der Waals surface area contributed by atoms with E-state index in [0.717, 1.165) is 0 Å². The van der Waals surface area contributed by atoms with E-state index in [1.807, 2.05) is 0 Å². The molecule has 0 N–H and O–H groups in total. The summed E-state index contributed by atoms with van der Waals surface area (Å²) >= 11 is 8.82. The average molecular weight is 304 g/mol. The van der Waals surface area contributed by atoms with Crippen LogP contribution in [-0.2, 0) is 5.88 Å². The lowest BCUT2D eigenvalue weighted by atomic mass is 10.2. The maximum absolute atomic E-state index is 11.9. The lowest BCUT2D eigenvalue weighted by Crippen LogP contribution is -2.17. The van der Waals surface area contributed by atoms with Gasteiger partial charge in [0.05, 0.1) is 40.0 Å². The van der Waals surface area contributed by atoms with E-state index >= 15 is 0 Å². The van der Waals surface area contributed by atoms with Crippen LogP contribution in [0.5, 0.6) is 5.75 Å². The summed E-state index contributed by atoms with van der Waals surface area (Å²) in [7, 11) is 1.56. The van der Waals surface area contributed by atoms with Crippen molar-refractivity contribution in [3.8, 4) is 5.75 Å². The molecule has 0 radical (unpaired) electrons. The molecule has 2 aromatic rings. The first-order valence-corrected chi connectivity index (χ1v) is 5.73. The molecule has 0 amide bonds. The van der Waals surface area contributed by atoms with E-state index in [0.29, 0.717) is 22.5 Å². The third kappa shape index (κ3) is 1.81. The number of alkyl halides is 1. The number of aromatic nitrogens is 2. The van der Waals surface area contributed by atoms with Crippen LogP contribution >= 0.6 is 27.7 Å². The lowest BCUT2D eigenvalue weighted by Gasteiger charge is -2.05. The van der Waals surface area contributed by atoms with Crippen molar-refractivity contribution in [2.45, 2.75) is 5.88 Å². The third-order valence-corrected chi connectivity index (χ3v) is 3.18. The molecular formula is C10H8BrClN2O2. The maximum atomic E-state index is 11.9. The van der Waals surface area contributed by atoms with E-state index in [2.05, 4.69) is 21.1 Å². The van der Waals surface area contributed by atoms with Gasteiger partial charge in [0.1, 0.15) is 11.6 Å². The minimum Gasteiger partial charge on any atom is -0.497 e. The Bertz CT molecular complexity index is 597. The fraction of sp³-hybridized carbons (Fsp3) is 0.200. The normalized spacial score (nSPS) is 10.7. The topological polar surface area (TPSA) is 44.1 Å². The highest BCUT2D eigenvalue weighted by atomic mass is 79.9. The fourth-order valence-electron chi connectivity index (χ4n) is 1.40. The first kappa shape index (κ1) is 11.4. The zero-order chi connectivity index (χ0) is 11.7. The zero-order valence-corrected chi connectivity index (χ0v) is 10.7. The molecule has 6 heteroatoms. The molecule has 0 saturated heterocycles. The molecule has 0 spiro atoms. The highest BCUT2D eigenvalue weighted by Gasteiger charge is 2.08. The van der Waals surface area contributed by atoms with E-state index in [1.54, 1.807) is 25.3 Å². The van der Waals surface area contributed by atoms with Crippen LogP contribution in [0, 0.1) is 0 Å². The Kier molecular flexibility index (Phi) is 3.16. The van der Waals surface area contributed by atoms with Gasteiger partial charge in [-0.25, -0.2) is 8.58 Å². The summed E-state index contributed by atoms with van der Waals surface area (Å²) in [5, 5.41) is 0.520. The summed E-state index contributed by atoms with van der Waals surface area (Å²) < 4.78 is 6.34. The minimum atomic E-state index is -0.177. The molecule has 4 nitrogen and oxygen atoms in total. The van der Waals surface area contributed by atoms with Crippen LogP contribution in [0.1, 0.15) is 5.82 Å². The van der Waals surface area contributed by atoms with Gasteiger partial charge in [0.2, 0.25) is 0 Å². The number of benzene rings is 1. The van der Waals surface area contributed by atoms with Crippen LogP contribution < -0.4 is 10.3 Å². The van der Waals surface area contributed by atoms with Crippen molar-refractivity contribution in [3.63, 3.8) is 0 Å². The molecule has 84 valence electrons. The van der Waals surface area contributed by atoms with Crippen molar-refractivity contribution < 1.29 is 4.74 Å². The van der Waals surface area contributed by atoms with Crippen molar-refractivity contribution in [1.82, 2.24) is 8.58 Å². The zero-order valence-electron chi connectivity index (χ0n) is 8.41. The van der Waals surface area contributed by atoms with Gasteiger partial charge in [-0.2, -0.15) is 0 Å². The van der Waals surface area contributed by atoms with Gasteiger partial charge < -0.3 is 4.74 Å². The van der Waals surface area contributed by atoms with Crippen LogP contribution in [0.15, 0.2) is 23.0 Å². The number of nitrogens with zero attached hydrogens (tertiary/aromatic N) is 2. The van der Waals surface area contributed by atoms with E-state index in [4.69, 9.17) is 16.3 Å². The predicted octanol–water partition coefficient (Wildman–Crippen LogP) is 2.30. The highest BCUT2D eigenvalue weighted by Crippen LogP contribution is 2.17. The smallest absolute Gasteiger partial charge is 0.271 e. The van der Waals surface area contributed by atoms with Gasteiger partial charge in [0, 0.05) is 6.07 Å². The molecule has 0 bridgehead atoms. The van der Waals surface area contributed by atoms with Crippen LogP contribution in [0.3, 0.4) is 0 Å². The summed E-state index contributed by atoms with van der Waals surface area (Å²) in [5.74, 6) is 1.29. The first-order chi connectivity index (χ1) is 7.67. The van der Waals surface area contributed by atoms with E-state index in [1.165, 1.54) is 3.59 Å². The summed E-state index contributed by atoms with van der Waals surface area (Å²) in [6.45, 7) is 0. The number of halogens is 2. The molecule has 2 rings (SSSR count). The molecule has 0 unspecified atom stereocenters. The van der Waals surface area contributed by atoms with Gasteiger partial charge in [0.15, 0.2) is 0 Å². The number of rotatable bonds is 2. The number of methoxy groups -OCH3 is 1. The van der Waals surface area contributed by atoms with Crippen molar-refractivity contribution in [3.05, 3.63) is 34.4 Å². The minimum absolute atomic E-state index is 0.160. The van der Waals surface area contributed by atoms with Crippen LogP contribution in [0.2, 0.25) is 0 Å². The van der Waals surface area contributed by atoms with Gasteiger partial charge in [-0.05, 0) is 12.1 Å². The van der Waals surface area contributed by atoms with E-state index in [9.17, 15) is 4.79 Å². The molecule has 0 aliphatic heterocycles. The first-order valence-electron chi connectivity index (χ1n) is 4.49. The second-order valence-electron chi connectivity index (χ2n) is 3.13. The Morgan fingerprint density at radius 3 is 2.94 bits per heavy atom. The molecule has 0 atom stereocenters. The van der Waals surface area contributed by atoms with Crippen molar-refractivity contribution in [2.24, 2.45) is 0 Å². The number of ether oxygens (including phenoxy) is 1. The van der Waals surface area contributed by atoms with Gasteiger partial charge in [0.25, 0.3) is 5.56 Å². The van der Waals surface area contributed by atoms with Gasteiger partial charge in [-0.3, -0.25) is 4.79 Å². The second kappa shape index (κ2) is 4.43. The Labute approximate surface area is 105 Å². The molecule has 0 fully saturated rings. The standard InChI is InChI=1S/C10H8BrClN2O2/c1-16-6-2-3-7-8(4-6)13-9(5-12)14(11)10(7)15/h2-4H,5H2,1H3. The van der Waals surface area contributed by atoms with Crippen molar-refractivity contribution in [1.29, 1.82) is 0 Å². The van der Waals surface area contributed by atoms with Gasteiger partial charge in [-0.15, -0.1) is 11.6 Å². The number of fused-ring (bicyclic) bond motifs is 1. The molecule has 0 aliphatic rings. The summed E-state index contributed by atoms with van der Waals surface area (Å²) in [5.41, 5.74) is 0.402. The van der Waals surface area contributed by atoms with Crippen molar-refractivity contribution in [2.75, 3.05) is 7.11 Å². The molecule has 0 saturated carbocycles. The molecule has 0 aliphatic carbocycles. The number of hydrogen-bond acceptors (Lipinski definition) is 3. The van der Waals surface area contributed by atoms with Gasteiger partial charge in [-0.1, -0.05) is 0 Å². The number of hydrogen-bond donors (Lipinski definition) is 0. The average Bonchev–Trinajstić information content (AvgIpc) is 2.33. The van der Waals surface area contributed by atoms with E-state index < -0.39 is 0 Å². The predicted molar refractivity (Wildman–Crippen MR) is 66.4 cm³/mol. The maximum Gasteiger partial charge on any atom is 0.271 e. The van der Waals surface area contributed by atoms with Crippen molar-refractivity contribution >= 4 is 38.7 Å². The largest absolute Gasteiger partial charge is 0.497 e. The molecule has 1 aromatic carbocycles. The highest BCUT2D eigenvalue weighted by molar-refractivity contribution is 9.08. The summed E-state index contributed by atoms with van der Waals surface area (Å²) in [4.78, 5) is 16.2. The molecule has 1 aromatic heterocycles. The van der Waals surface area contributed by atoms with Crippen LogP contribution in [-0.4, -0.2) is 15.7 Å². The Hall–Kier alpha value is -1.07. The van der Waals surface area contributed by atoms with Gasteiger partial charge >= 0.3 is 0 Å². The third-order valence-electron chi connectivity index (χ3n) is 2.21. The summed E-state index contributed by atoms with van der Waals surface area (Å²) in [6, 6.07) is 5.11. The molecular weight excluding hydrogens is 295 g/mol. The molecule has 16 heavy (non-hydrogen) atoms. The monoisotopic (exact) mass is 302 g/mol. The SMILES string of the molecule is COc1ccc2c(=O)n(Br)c(CCl)nc2c1. The fourth-order valence-corrected chi connectivity index (χ4v) is 2.12. The Morgan fingerprint density at radius 2 is 2.31 bits per heavy atom. The second-order valence-corrected chi connectivity index (χ2v) is 4.11. The lowest BCUT2D eigenvalue weighted by molar-refractivity contribution is 0.415. The Morgan fingerprint density at radius 1 is 1.56 bits per heavy atom. The molecule has 1 heterocycles. The quantitative estimate of drug-likeness (QED) is 0.800.